The fourth-order valence-electron chi connectivity index (χ4n) is 4.02. The molecular formula is C25H31F3N4O3. The number of halogens is 3. The standard InChI is InChI=1S/C25H31F3N4O3/c1-24(2,3)31-22(33)16-11-13-32(14-12-16)15-17-7-5-8-18(21(17)35-4)30-23(34)19-9-6-10-20(29-19)25(26,27)28/h5-10,16H,11-15H2,1-4H3,(H,30,34)(H,31,33). The highest BCUT2D eigenvalue weighted by molar-refractivity contribution is 6.03. The summed E-state index contributed by atoms with van der Waals surface area (Å²) in [6, 6.07) is 8.42. The summed E-state index contributed by atoms with van der Waals surface area (Å²) >= 11 is 0. The van der Waals surface area contributed by atoms with Crippen LogP contribution in [0, 0.1) is 5.92 Å². The second-order valence-corrected chi connectivity index (χ2v) is 9.65. The first kappa shape index (κ1) is 26.5. The Kier molecular flexibility index (Phi) is 8.04. The molecule has 3 rings (SSSR count). The maximum absolute atomic E-state index is 13.0. The Bertz CT molecular complexity index is 1060. The van der Waals surface area contributed by atoms with Crippen molar-refractivity contribution in [1.82, 2.24) is 15.2 Å². The number of alkyl halides is 3. The number of pyridine rings is 1. The van der Waals surface area contributed by atoms with Gasteiger partial charge in [-0.1, -0.05) is 18.2 Å². The van der Waals surface area contributed by atoms with Crippen molar-refractivity contribution in [3.05, 3.63) is 53.3 Å². The van der Waals surface area contributed by atoms with Crippen LogP contribution in [0.25, 0.3) is 0 Å². The molecule has 1 aliphatic rings. The highest BCUT2D eigenvalue weighted by Gasteiger charge is 2.33. The monoisotopic (exact) mass is 492 g/mol. The molecule has 0 spiro atoms. The molecule has 1 aromatic heterocycles. The van der Waals surface area contributed by atoms with Crippen LogP contribution in [-0.2, 0) is 17.5 Å². The molecule has 2 aromatic rings. The molecule has 1 aliphatic heterocycles. The van der Waals surface area contributed by atoms with Crippen molar-refractivity contribution in [2.75, 3.05) is 25.5 Å². The molecule has 1 fully saturated rings. The molecule has 10 heteroatoms. The number of nitrogens with zero attached hydrogens (tertiary/aromatic N) is 2. The Morgan fingerprint density at radius 3 is 2.34 bits per heavy atom. The molecule has 190 valence electrons. The van der Waals surface area contributed by atoms with E-state index in [2.05, 4.69) is 20.5 Å². The second-order valence-electron chi connectivity index (χ2n) is 9.65. The summed E-state index contributed by atoms with van der Waals surface area (Å²) in [6.07, 6.45) is -3.17. The maximum atomic E-state index is 13.0. The Morgan fingerprint density at radius 1 is 1.09 bits per heavy atom. The van der Waals surface area contributed by atoms with Crippen LogP contribution in [0.2, 0.25) is 0 Å². The lowest BCUT2D eigenvalue weighted by Gasteiger charge is -2.33. The first-order valence-corrected chi connectivity index (χ1v) is 11.4. The molecule has 0 saturated carbocycles. The van der Waals surface area contributed by atoms with Gasteiger partial charge in [-0.2, -0.15) is 13.2 Å². The third kappa shape index (κ3) is 7.17. The van der Waals surface area contributed by atoms with E-state index < -0.39 is 17.8 Å². The van der Waals surface area contributed by atoms with Gasteiger partial charge in [-0.15, -0.1) is 0 Å². The smallest absolute Gasteiger partial charge is 0.433 e. The first-order valence-electron chi connectivity index (χ1n) is 11.4. The van der Waals surface area contributed by atoms with Gasteiger partial charge in [-0.05, 0) is 64.9 Å². The van der Waals surface area contributed by atoms with E-state index in [-0.39, 0.29) is 23.1 Å². The normalized spacial score (nSPS) is 15.5. The van der Waals surface area contributed by atoms with Crippen LogP contribution < -0.4 is 15.4 Å². The zero-order chi connectivity index (χ0) is 25.8. The molecule has 0 unspecified atom stereocenters. The average Bonchev–Trinajstić information content (AvgIpc) is 2.78. The Morgan fingerprint density at radius 2 is 1.74 bits per heavy atom. The van der Waals surface area contributed by atoms with Crippen LogP contribution in [0.5, 0.6) is 5.75 Å². The predicted molar refractivity (Wildman–Crippen MR) is 126 cm³/mol. The predicted octanol–water partition coefficient (Wildman–Crippen LogP) is 4.49. The summed E-state index contributed by atoms with van der Waals surface area (Å²) in [7, 11) is 1.47. The number of ether oxygens (including phenoxy) is 1. The number of para-hydroxylation sites is 1. The van der Waals surface area contributed by atoms with Crippen molar-refractivity contribution in [2.24, 2.45) is 5.92 Å². The van der Waals surface area contributed by atoms with E-state index in [0.717, 1.165) is 43.6 Å². The summed E-state index contributed by atoms with van der Waals surface area (Å²) in [5.74, 6) is -0.293. The molecule has 1 saturated heterocycles. The highest BCUT2D eigenvalue weighted by Crippen LogP contribution is 2.32. The number of carbonyl (C=O) groups excluding carboxylic acids is 2. The van der Waals surface area contributed by atoms with Crippen LogP contribution >= 0.6 is 0 Å². The number of hydrogen-bond acceptors (Lipinski definition) is 5. The molecular weight excluding hydrogens is 461 g/mol. The summed E-state index contributed by atoms with van der Waals surface area (Å²) < 4.78 is 44.4. The van der Waals surface area contributed by atoms with Crippen LogP contribution in [-0.4, -0.2) is 47.4 Å². The molecule has 2 heterocycles. The Balaban J connectivity index is 1.67. The minimum Gasteiger partial charge on any atom is -0.494 e. The molecule has 7 nitrogen and oxygen atoms in total. The maximum Gasteiger partial charge on any atom is 0.433 e. The van der Waals surface area contributed by atoms with E-state index in [9.17, 15) is 22.8 Å². The zero-order valence-electron chi connectivity index (χ0n) is 20.3. The Labute approximate surface area is 203 Å². The third-order valence-corrected chi connectivity index (χ3v) is 5.67. The third-order valence-electron chi connectivity index (χ3n) is 5.67. The van der Waals surface area contributed by atoms with Crippen molar-refractivity contribution < 1.29 is 27.5 Å². The van der Waals surface area contributed by atoms with Crippen LogP contribution in [0.15, 0.2) is 36.4 Å². The fraction of sp³-hybridized carbons (Fsp3) is 0.480. The molecule has 2 N–H and O–H groups in total. The zero-order valence-corrected chi connectivity index (χ0v) is 20.3. The van der Waals surface area contributed by atoms with Crippen molar-refractivity contribution in [2.45, 2.75) is 51.9 Å². The van der Waals surface area contributed by atoms with Gasteiger partial charge in [0.2, 0.25) is 5.91 Å². The number of likely N-dealkylation sites (tertiary alicyclic amines) is 1. The largest absolute Gasteiger partial charge is 0.494 e. The molecule has 1 aromatic carbocycles. The number of anilines is 1. The van der Waals surface area contributed by atoms with Crippen molar-refractivity contribution in [3.8, 4) is 5.75 Å². The van der Waals surface area contributed by atoms with Gasteiger partial charge in [0.05, 0.1) is 12.8 Å². The van der Waals surface area contributed by atoms with Crippen LogP contribution in [0.3, 0.4) is 0 Å². The quantitative estimate of drug-likeness (QED) is 0.621. The van der Waals surface area contributed by atoms with E-state index in [1.54, 1.807) is 12.1 Å². The number of piperidine rings is 1. The number of hydrogen-bond donors (Lipinski definition) is 2. The molecule has 0 radical (unpaired) electrons. The van der Waals surface area contributed by atoms with E-state index in [0.29, 0.717) is 18.0 Å². The molecule has 0 aliphatic carbocycles. The lowest BCUT2D eigenvalue weighted by Crippen LogP contribution is -2.46. The number of carbonyl (C=O) groups is 2. The molecule has 0 atom stereocenters. The highest BCUT2D eigenvalue weighted by atomic mass is 19.4. The number of nitrogens with one attached hydrogen (secondary N) is 2. The van der Waals surface area contributed by atoms with E-state index in [4.69, 9.17) is 4.74 Å². The molecule has 35 heavy (non-hydrogen) atoms. The number of rotatable bonds is 6. The number of aromatic nitrogens is 1. The summed E-state index contributed by atoms with van der Waals surface area (Å²) in [6.45, 7) is 7.89. The van der Waals surface area contributed by atoms with Gasteiger partial charge in [0, 0.05) is 23.6 Å². The van der Waals surface area contributed by atoms with Gasteiger partial charge in [-0.3, -0.25) is 14.5 Å². The number of methoxy groups -OCH3 is 1. The minimum absolute atomic E-state index is 0.0297. The van der Waals surface area contributed by atoms with E-state index in [1.807, 2.05) is 26.8 Å². The topological polar surface area (TPSA) is 83.6 Å². The van der Waals surface area contributed by atoms with Gasteiger partial charge >= 0.3 is 6.18 Å². The summed E-state index contributed by atoms with van der Waals surface area (Å²) in [5, 5.41) is 5.65. The van der Waals surface area contributed by atoms with Crippen LogP contribution in [0.4, 0.5) is 18.9 Å². The Hall–Kier alpha value is -3.14. The van der Waals surface area contributed by atoms with Crippen molar-refractivity contribution >= 4 is 17.5 Å². The van der Waals surface area contributed by atoms with Gasteiger partial charge in [-0.25, -0.2) is 4.98 Å². The van der Waals surface area contributed by atoms with E-state index >= 15 is 0 Å². The molecule has 2 amide bonds. The second kappa shape index (κ2) is 10.6. The lowest BCUT2D eigenvalue weighted by molar-refractivity contribution is -0.141. The number of amides is 2. The summed E-state index contributed by atoms with van der Waals surface area (Å²) in [5.41, 5.74) is -0.586. The lowest BCUT2D eigenvalue weighted by atomic mass is 9.94. The van der Waals surface area contributed by atoms with Crippen molar-refractivity contribution in [1.29, 1.82) is 0 Å². The molecule has 0 bridgehead atoms. The SMILES string of the molecule is COc1c(CN2CCC(C(=O)NC(C)(C)C)CC2)cccc1NC(=O)c1cccc(C(F)(F)F)n1. The van der Waals surface area contributed by atoms with E-state index in [1.165, 1.54) is 13.2 Å². The van der Waals surface area contributed by atoms with Gasteiger partial charge in [0.25, 0.3) is 5.91 Å². The van der Waals surface area contributed by atoms with Gasteiger partial charge < -0.3 is 15.4 Å². The summed E-state index contributed by atoms with van der Waals surface area (Å²) in [4.78, 5) is 30.7. The fourth-order valence-corrected chi connectivity index (χ4v) is 4.02. The average molecular weight is 493 g/mol. The number of benzene rings is 1. The van der Waals surface area contributed by atoms with Gasteiger partial charge in [0.15, 0.2) is 0 Å². The van der Waals surface area contributed by atoms with Crippen molar-refractivity contribution in [3.63, 3.8) is 0 Å². The van der Waals surface area contributed by atoms with Crippen LogP contribution in [0.1, 0.15) is 55.4 Å². The van der Waals surface area contributed by atoms with Gasteiger partial charge in [0.1, 0.15) is 17.1 Å². The first-order chi connectivity index (χ1) is 16.4. The minimum atomic E-state index is -4.64.